The second-order valence-corrected chi connectivity index (χ2v) is 9.02. The van der Waals surface area contributed by atoms with E-state index < -0.39 is 22.6 Å². The van der Waals surface area contributed by atoms with Crippen molar-refractivity contribution >= 4 is 33.2 Å². The van der Waals surface area contributed by atoms with E-state index in [2.05, 4.69) is 20.9 Å². The minimum absolute atomic E-state index is 0.00514. The number of rotatable bonds is 9. The maximum atomic E-state index is 13.2. The van der Waals surface area contributed by atoms with Gasteiger partial charge in [0.2, 0.25) is 0 Å². The molecule has 38 heavy (non-hydrogen) atoms. The lowest BCUT2D eigenvalue weighted by Gasteiger charge is -2.28. The molecular weight excluding hydrogens is 575 g/mol. The number of nitro groups is 1. The molecular formula is C25H21BrF3N3O6. The summed E-state index contributed by atoms with van der Waals surface area (Å²) in [4.78, 5) is 30.2. The molecule has 0 spiro atoms. The summed E-state index contributed by atoms with van der Waals surface area (Å²) in [5.41, 5.74) is 0.854. The molecule has 0 saturated heterocycles. The molecule has 0 radical (unpaired) electrons. The van der Waals surface area contributed by atoms with E-state index in [1.54, 1.807) is 18.2 Å². The molecule has 0 N–H and O–H groups in total. The zero-order valence-electron chi connectivity index (χ0n) is 20.0. The maximum absolute atomic E-state index is 13.2. The second-order valence-electron chi connectivity index (χ2n) is 8.16. The van der Waals surface area contributed by atoms with Gasteiger partial charge in [0.05, 0.1) is 46.3 Å². The fraction of sp³-hybridized carbons (Fsp3) is 0.280. The zero-order valence-corrected chi connectivity index (χ0v) is 21.5. The molecule has 0 bridgehead atoms. The van der Waals surface area contributed by atoms with Crippen molar-refractivity contribution in [3.8, 4) is 17.0 Å². The van der Waals surface area contributed by atoms with Gasteiger partial charge in [-0.3, -0.25) is 19.9 Å². The first-order chi connectivity index (χ1) is 18.1. The van der Waals surface area contributed by atoms with Crippen LogP contribution < -0.4 is 9.64 Å². The topological polar surface area (TPSA) is 104 Å². The Morgan fingerprint density at radius 2 is 1.87 bits per heavy atom. The molecule has 0 aliphatic carbocycles. The molecule has 1 aliphatic rings. The number of nitro benzene ring substituents is 1. The van der Waals surface area contributed by atoms with Gasteiger partial charge < -0.3 is 19.1 Å². The summed E-state index contributed by atoms with van der Waals surface area (Å²) in [6.45, 7) is 0.604. The van der Waals surface area contributed by atoms with Gasteiger partial charge in [0.15, 0.2) is 12.5 Å². The molecule has 0 atom stereocenters. The van der Waals surface area contributed by atoms with Crippen LogP contribution in [0.15, 0.2) is 53.0 Å². The van der Waals surface area contributed by atoms with Crippen LogP contribution in [-0.4, -0.2) is 49.5 Å². The quantitative estimate of drug-likeness (QED) is 0.136. The van der Waals surface area contributed by atoms with Crippen LogP contribution in [0.5, 0.6) is 5.75 Å². The summed E-state index contributed by atoms with van der Waals surface area (Å²) in [5, 5.41) is 11.6. The molecule has 2 heterocycles. The summed E-state index contributed by atoms with van der Waals surface area (Å²) in [5.74, 6) is -0.405. The molecule has 200 valence electrons. The lowest BCUT2D eigenvalue weighted by atomic mass is 10.0. The first-order valence-electron chi connectivity index (χ1n) is 11.3. The maximum Gasteiger partial charge on any atom is 0.416 e. The monoisotopic (exact) mass is 595 g/mol. The highest BCUT2D eigenvalue weighted by Crippen LogP contribution is 2.37. The largest absolute Gasteiger partial charge is 0.460 e. The van der Waals surface area contributed by atoms with Gasteiger partial charge in [-0.15, -0.1) is 0 Å². The van der Waals surface area contributed by atoms with E-state index in [9.17, 15) is 28.1 Å². The van der Waals surface area contributed by atoms with Gasteiger partial charge in [-0.1, -0.05) is 22.0 Å². The Bertz CT molecular complexity index is 1370. The van der Waals surface area contributed by atoms with Gasteiger partial charge >= 0.3 is 11.9 Å². The molecule has 2 aromatic carbocycles. The third kappa shape index (κ3) is 5.95. The second kappa shape index (κ2) is 11.5. The van der Waals surface area contributed by atoms with Crippen molar-refractivity contribution in [3.63, 3.8) is 0 Å². The van der Waals surface area contributed by atoms with Crippen LogP contribution in [0.25, 0.3) is 11.3 Å². The molecule has 4 rings (SSSR count). The third-order valence-corrected chi connectivity index (χ3v) is 6.43. The van der Waals surface area contributed by atoms with Crippen molar-refractivity contribution in [1.29, 1.82) is 0 Å². The Kier molecular flexibility index (Phi) is 8.29. The van der Waals surface area contributed by atoms with Crippen molar-refractivity contribution in [3.05, 3.63) is 79.9 Å². The number of hydrogen-bond donors (Lipinski definition) is 0. The summed E-state index contributed by atoms with van der Waals surface area (Å²) >= 11 is 3.18. The van der Waals surface area contributed by atoms with Gasteiger partial charge in [0.25, 0.3) is 5.91 Å². The zero-order chi connectivity index (χ0) is 27.4. The predicted molar refractivity (Wildman–Crippen MR) is 134 cm³/mol. The predicted octanol–water partition coefficient (Wildman–Crippen LogP) is 5.64. The van der Waals surface area contributed by atoms with Crippen LogP contribution in [-0.2, 0) is 22.1 Å². The number of benzene rings is 2. The summed E-state index contributed by atoms with van der Waals surface area (Å²) in [6, 6.07) is 10.6. The van der Waals surface area contributed by atoms with Crippen molar-refractivity contribution in [2.45, 2.75) is 12.6 Å². The SMILES string of the molecule is COCCOCOc1ccc(N2CCc3nc(-c4ccc(C(F)(F)F)cc4Br)ccc3C2=O)cc1[N+](=O)[O-]. The molecule has 3 aromatic rings. The fourth-order valence-electron chi connectivity index (χ4n) is 3.89. The van der Waals surface area contributed by atoms with Crippen molar-refractivity contribution in [1.82, 2.24) is 4.98 Å². The average Bonchev–Trinajstić information content (AvgIpc) is 2.88. The van der Waals surface area contributed by atoms with E-state index >= 15 is 0 Å². The molecule has 0 saturated carbocycles. The van der Waals surface area contributed by atoms with Crippen LogP contribution in [0, 0.1) is 10.1 Å². The lowest BCUT2D eigenvalue weighted by molar-refractivity contribution is -0.386. The van der Waals surface area contributed by atoms with Gasteiger partial charge in [-0.25, -0.2) is 0 Å². The van der Waals surface area contributed by atoms with Crippen molar-refractivity contribution in [2.75, 3.05) is 38.6 Å². The molecule has 13 heteroatoms. The smallest absolute Gasteiger partial charge is 0.416 e. The van der Waals surface area contributed by atoms with Gasteiger partial charge in [-0.2, -0.15) is 13.2 Å². The van der Waals surface area contributed by atoms with E-state index in [-0.39, 0.29) is 35.9 Å². The Morgan fingerprint density at radius 1 is 1.11 bits per heavy atom. The molecule has 0 unspecified atom stereocenters. The molecule has 1 aliphatic heterocycles. The van der Waals surface area contributed by atoms with Gasteiger partial charge in [0.1, 0.15) is 0 Å². The van der Waals surface area contributed by atoms with Crippen LogP contribution >= 0.6 is 15.9 Å². The molecule has 0 fully saturated rings. The lowest BCUT2D eigenvalue weighted by Crippen LogP contribution is -2.38. The standard InChI is InChI=1S/C25H21BrF3N3O6/c1-36-10-11-37-14-38-23-7-3-16(13-22(23)32(34)35)31-9-8-21-18(24(31)33)5-6-20(30-21)17-4-2-15(12-19(17)26)25(27,28)29/h2-7,12-13H,8-11,14H2,1H3. The molecule has 9 nitrogen and oxygen atoms in total. The van der Waals surface area contributed by atoms with E-state index in [0.717, 1.165) is 12.1 Å². The first-order valence-corrected chi connectivity index (χ1v) is 12.1. The Balaban J connectivity index is 1.55. The number of fused-ring (bicyclic) bond motifs is 1. The van der Waals surface area contributed by atoms with E-state index in [1.165, 1.54) is 30.2 Å². The Morgan fingerprint density at radius 3 is 2.55 bits per heavy atom. The number of carbonyl (C=O) groups excluding carboxylic acids is 1. The number of carbonyl (C=O) groups is 1. The van der Waals surface area contributed by atoms with Crippen LogP contribution in [0.1, 0.15) is 21.6 Å². The van der Waals surface area contributed by atoms with Crippen LogP contribution in [0.3, 0.4) is 0 Å². The Labute approximate surface area is 223 Å². The number of ether oxygens (including phenoxy) is 3. The summed E-state index contributed by atoms with van der Waals surface area (Å²) in [7, 11) is 1.52. The number of hydrogen-bond acceptors (Lipinski definition) is 7. The van der Waals surface area contributed by atoms with E-state index in [4.69, 9.17) is 14.2 Å². The number of alkyl halides is 3. The number of nitrogens with zero attached hydrogens (tertiary/aromatic N) is 3. The van der Waals surface area contributed by atoms with Crippen LogP contribution in [0.4, 0.5) is 24.5 Å². The highest BCUT2D eigenvalue weighted by molar-refractivity contribution is 9.10. The number of aromatic nitrogens is 1. The molecule has 1 amide bonds. The van der Waals surface area contributed by atoms with Gasteiger partial charge in [-0.05, 0) is 36.4 Å². The summed E-state index contributed by atoms with van der Waals surface area (Å²) in [6.07, 6.45) is -4.13. The third-order valence-electron chi connectivity index (χ3n) is 5.77. The molecule has 1 aromatic heterocycles. The number of amides is 1. The van der Waals surface area contributed by atoms with Gasteiger partial charge in [0, 0.05) is 36.2 Å². The highest BCUT2D eigenvalue weighted by atomic mass is 79.9. The highest BCUT2D eigenvalue weighted by Gasteiger charge is 2.32. The fourth-order valence-corrected chi connectivity index (χ4v) is 4.47. The Hall–Kier alpha value is -3.55. The average molecular weight is 596 g/mol. The van der Waals surface area contributed by atoms with E-state index in [0.29, 0.717) is 41.2 Å². The van der Waals surface area contributed by atoms with Crippen molar-refractivity contribution in [2.24, 2.45) is 0 Å². The minimum atomic E-state index is -4.47. The number of pyridine rings is 1. The van der Waals surface area contributed by atoms with Crippen molar-refractivity contribution < 1.29 is 37.1 Å². The van der Waals surface area contributed by atoms with E-state index in [1.807, 2.05) is 0 Å². The number of anilines is 1. The minimum Gasteiger partial charge on any atom is -0.460 e. The number of halogens is 4. The first kappa shape index (κ1) is 27.5. The normalized spacial score (nSPS) is 13.4. The summed E-state index contributed by atoms with van der Waals surface area (Å²) < 4.78 is 54.6. The number of methoxy groups -OCH3 is 1. The van der Waals surface area contributed by atoms with Crippen LogP contribution in [0.2, 0.25) is 0 Å².